The van der Waals surface area contributed by atoms with Crippen LogP contribution in [-0.2, 0) is 9.59 Å². The minimum absolute atomic E-state index is 0.118. The van der Waals surface area contributed by atoms with Crippen LogP contribution in [0.25, 0.3) is 5.76 Å². The second-order valence-corrected chi connectivity index (χ2v) is 7.48. The van der Waals surface area contributed by atoms with Crippen molar-refractivity contribution < 1.29 is 19.6 Å². The van der Waals surface area contributed by atoms with E-state index in [1.165, 1.54) is 4.90 Å². The summed E-state index contributed by atoms with van der Waals surface area (Å²) in [6.07, 6.45) is 0. The van der Waals surface area contributed by atoms with Crippen molar-refractivity contribution in [1.82, 2.24) is 4.90 Å². The fraction of sp³-hybridized carbons (Fsp3) is 0.333. The molecule has 0 unspecified atom stereocenters. The number of hydrogen-bond acceptors (Lipinski definition) is 3. The minimum atomic E-state index is -0.619. The molecule has 29 heavy (non-hydrogen) atoms. The summed E-state index contributed by atoms with van der Waals surface area (Å²) in [6, 6.07) is 16.2. The molecule has 1 aliphatic rings. The number of likely N-dealkylation sites (N-methyl/N-ethyl adjacent to an activating group) is 1. The molecule has 5 nitrogen and oxygen atoms in total. The fourth-order valence-electron chi connectivity index (χ4n) is 3.84. The van der Waals surface area contributed by atoms with E-state index in [1.54, 1.807) is 29.2 Å². The third kappa shape index (κ3) is 4.25. The number of aryl methyl sites for hydroxylation is 1. The minimum Gasteiger partial charge on any atom is -0.507 e. The molecular formula is C24H29N2O3+. The predicted molar refractivity (Wildman–Crippen MR) is 114 cm³/mol. The zero-order valence-corrected chi connectivity index (χ0v) is 17.3. The standard InChI is InChI=1S/C24H28N2O3/c1-4-25(5-2)15-16-26-21(18-13-11-17(3)12-14-18)20(23(28)24(26)29)22(27)19-9-7-6-8-10-19/h6-14,21,27H,4-5,15-16H2,1-3H3/p+1/t21-/m0/s1. The highest BCUT2D eigenvalue weighted by molar-refractivity contribution is 6.46. The maximum absolute atomic E-state index is 12.9. The summed E-state index contributed by atoms with van der Waals surface area (Å²) in [6.45, 7) is 9.35. The molecular weight excluding hydrogens is 364 g/mol. The van der Waals surface area contributed by atoms with Gasteiger partial charge in [-0.2, -0.15) is 0 Å². The zero-order valence-electron chi connectivity index (χ0n) is 17.3. The third-order valence-corrected chi connectivity index (χ3v) is 5.69. The number of carbonyl (C=O) groups is 2. The van der Waals surface area contributed by atoms with Crippen molar-refractivity contribution in [3.63, 3.8) is 0 Å². The zero-order chi connectivity index (χ0) is 21.0. The average molecular weight is 394 g/mol. The lowest BCUT2D eigenvalue weighted by Gasteiger charge is -2.27. The summed E-state index contributed by atoms with van der Waals surface area (Å²) >= 11 is 0. The first-order chi connectivity index (χ1) is 14.0. The molecule has 0 aromatic heterocycles. The van der Waals surface area contributed by atoms with Gasteiger partial charge in [-0.3, -0.25) is 9.59 Å². The quantitative estimate of drug-likeness (QED) is 0.431. The Balaban J connectivity index is 2.07. The molecule has 0 radical (unpaired) electrons. The average Bonchev–Trinajstić information content (AvgIpc) is 3.00. The largest absolute Gasteiger partial charge is 0.507 e. The molecule has 2 N–H and O–H groups in total. The van der Waals surface area contributed by atoms with E-state index in [0.29, 0.717) is 12.1 Å². The number of Topliss-reactive ketones (excluding diaryl/α,β-unsaturated/α-hetero) is 1. The molecule has 1 amide bonds. The molecule has 0 saturated carbocycles. The molecule has 3 rings (SSSR count). The highest BCUT2D eigenvalue weighted by Crippen LogP contribution is 2.39. The Bertz CT molecular complexity index is 899. The molecule has 1 heterocycles. The van der Waals surface area contributed by atoms with Crippen molar-refractivity contribution >= 4 is 17.4 Å². The van der Waals surface area contributed by atoms with Gasteiger partial charge >= 0.3 is 0 Å². The van der Waals surface area contributed by atoms with Crippen LogP contribution in [0.4, 0.5) is 0 Å². The van der Waals surface area contributed by atoms with Gasteiger partial charge in [-0.05, 0) is 26.3 Å². The fourth-order valence-corrected chi connectivity index (χ4v) is 3.84. The van der Waals surface area contributed by atoms with Crippen LogP contribution >= 0.6 is 0 Å². The summed E-state index contributed by atoms with van der Waals surface area (Å²) < 4.78 is 0. The number of nitrogens with zero attached hydrogens (tertiary/aromatic N) is 1. The monoisotopic (exact) mass is 393 g/mol. The molecule has 1 saturated heterocycles. The molecule has 0 bridgehead atoms. The number of nitrogens with one attached hydrogen (secondary N) is 1. The highest BCUT2D eigenvalue weighted by Gasteiger charge is 2.46. The topological polar surface area (TPSA) is 62.0 Å². The van der Waals surface area contributed by atoms with E-state index in [0.717, 1.165) is 30.8 Å². The van der Waals surface area contributed by atoms with E-state index in [2.05, 4.69) is 13.8 Å². The molecule has 5 heteroatoms. The van der Waals surface area contributed by atoms with E-state index in [9.17, 15) is 14.7 Å². The van der Waals surface area contributed by atoms with Crippen molar-refractivity contribution in [1.29, 1.82) is 0 Å². The first kappa shape index (κ1) is 20.8. The van der Waals surface area contributed by atoms with Crippen LogP contribution in [0.2, 0.25) is 0 Å². The molecule has 1 atom stereocenters. The first-order valence-electron chi connectivity index (χ1n) is 10.2. The summed E-state index contributed by atoms with van der Waals surface area (Å²) in [5, 5.41) is 11.0. The maximum Gasteiger partial charge on any atom is 0.295 e. The van der Waals surface area contributed by atoms with Gasteiger partial charge in [0.25, 0.3) is 11.7 Å². The lowest BCUT2D eigenvalue weighted by atomic mass is 9.95. The van der Waals surface area contributed by atoms with Crippen LogP contribution in [-0.4, -0.2) is 47.9 Å². The Morgan fingerprint density at radius 3 is 2.21 bits per heavy atom. The molecule has 1 fully saturated rings. The van der Waals surface area contributed by atoms with Crippen LogP contribution in [0.5, 0.6) is 0 Å². The van der Waals surface area contributed by atoms with Crippen molar-refractivity contribution in [3.8, 4) is 0 Å². The molecule has 152 valence electrons. The second-order valence-electron chi connectivity index (χ2n) is 7.48. The predicted octanol–water partition coefficient (Wildman–Crippen LogP) is 2.34. The van der Waals surface area contributed by atoms with Crippen LogP contribution in [0, 0.1) is 6.92 Å². The molecule has 0 aliphatic carbocycles. The number of hydrogen-bond donors (Lipinski definition) is 2. The van der Waals surface area contributed by atoms with E-state index >= 15 is 0 Å². The van der Waals surface area contributed by atoms with Crippen molar-refractivity contribution in [2.24, 2.45) is 0 Å². The summed E-state index contributed by atoms with van der Waals surface area (Å²) in [7, 11) is 0. The number of quaternary nitrogens is 1. The van der Waals surface area contributed by atoms with Crippen molar-refractivity contribution in [3.05, 3.63) is 76.9 Å². The molecule has 2 aromatic rings. The number of likely N-dealkylation sites (tertiary alicyclic amines) is 1. The third-order valence-electron chi connectivity index (χ3n) is 5.69. The number of ketones is 1. The number of rotatable bonds is 7. The van der Waals surface area contributed by atoms with Gasteiger partial charge in [-0.1, -0.05) is 60.2 Å². The lowest BCUT2D eigenvalue weighted by molar-refractivity contribution is -0.895. The van der Waals surface area contributed by atoms with Gasteiger partial charge in [0.05, 0.1) is 37.8 Å². The van der Waals surface area contributed by atoms with E-state index in [-0.39, 0.29) is 11.3 Å². The van der Waals surface area contributed by atoms with Crippen LogP contribution in [0.3, 0.4) is 0 Å². The van der Waals surface area contributed by atoms with E-state index in [4.69, 9.17) is 0 Å². The Kier molecular flexibility index (Phi) is 6.49. The summed E-state index contributed by atoms with van der Waals surface area (Å²) in [5.74, 6) is -1.28. The maximum atomic E-state index is 12.9. The Morgan fingerprint density at radius 1 is 1.00 bits per heavy atom. The summed E-state index contributed by atoms with van der Waals surface area (Å²) in [4.78, 5) is 28.8. The first-order valence-corrected chi connectivity index (χ1v) is 10.2. The van der Waals surface area contributed by atoms with Gasteiger partial charge in [0, 0.05) is 5.56 Å². The van der Waals surface area contributed by atoms with E-state index < -0.39 is 17.7 Å². The van der Waals surface area contributed by atoms with Gasteiger partial charge in [-0.25, -0.2) is 0 Å². The number of carbonyl (C=O) groups excluding carboxylic acids is 2. The Labute approximate surface area is 172 Å². The van der Waals surface area contributed by atoms with Gasteiger partial charge in [0.2, 0.25) is 0 Å². The normalized spacial score (nSPS) is 18.6. The van der Waals surface area contributed by atoms with Gasteiger partial charge in [0.1, 0.15) is 5.76 Å². The molecule has 2 aromatic carbocycles. The van der Waals surface area contributed by atoms with Crippen LogP contribution < -0.4 is 4.90 Å². The molecule has 0 spiro atoms. The van der Waals surface area contributed by atoms with Crippen molar-refractivity contribution in [2.75, 3.05) is 26.2 Å². The Morgan fingerprint density at radius 2 is 1.62 bits per heavy atom. The Hall–Kier alpha value is -2.92. The SMILES string of the molecule is CC[NH+](CC)CCN1C(=O)C(=O)C(=C(O)c2ccccc2)[C@@H]1c1ccc(C)cc1. The number of aliphatic hydroxyl groups excluding tert-OH is 1. The van der Waals surface area contributed by atoms with Crippen LogP contribution in [0.1, 0.15) is 36.6 Å². The number of amides is 1. The molecule has 1 aliphatic heterocycles. The van der Waals surface area contributed by atoms with E-state index in [1.807, 2.05) is 37.3 Å². The summed E-state index contributed by atoms with van der Waals surface area (Å²) in [5.41, 5.74) is 2.64. The number of aliphatic hydroxyl groups is 1. The van der Waals surface area contributed by atoms with Crippen LogP contribution in [0.15, 0.2) is 60.2 Å². The van der Waals surface area contributed by atoms with Gasteiger partial charge in [0.15, 0.2) is 0 Å². The lowest BCUT2D eigenvalue weighted by Crippen LogP contribution is -3.12. The van der Waals surface area contributed by atoms with Gasteiger partial charge < -0.3 is 14.9 Å². The van der Waals surface area contributed by atoms with Crippen molar-refractivity contribution in [2.45, 2.75) is 26.8 Å². The smallest absolute Gasteiger partial charge is 0.295 e. The second kappa shape index (κ2) is 9.05. The number of benzene rings is 2. The highest BCUT2D eigenvalue weighted by atomic mass is 16.3. The van der Waals surface area contributed by atoms with Gasteiger partial charge in [-0.15, -0.1) is 0 Å².